The first-order valence-electron chi connectivity index (χ1n) is 4.77. The van der Waals surface area contributed by atoms with Gasteiger partial charge in [-0.25, -0.2) is 0 Å². The van der Waals surface area contributed by atoms with E-state index in [9.17, 15) is 9.59 Å². The zero-order chi connectivity index (χ0) is 12.1. The number of carbonyl (C=O) groups is 2. The third-order valence-electron chi connectivity index (χ3n) is 2.07. The summed E-state index contributed by atoms with van der Waals surface area (Å²) in [7, 11) is 1.24. The summed E-state index contributed by atoms with van der Waals surface area (Å²) in [5, 5.41) is 8.78. The van der Waals surface area contributed by atoms with Crippen molar-refractivity contribution in [3.05, 3.63) is 11.4 Å². The van der Waals surface area contributed by atoms with E-state index in [1.165, 1.54) is 7.11 Å². The lowest BCUT2D eigenvalue weighted by Crippen LogP contribution is -2.30. The Kier molecular flexibility index (Phi) is 3.87. The van der Waals surface area contributed by atoms with Gasteiger partial charge in [-0.3, -0.25) is 14.7 Å². The summed E-state index contributed by atoms with van der Waals surface area (Å²) in [5.74, 6) is -1.03. The van der Waals surface area contributed by atoms with Crippen molar-refractivity contribution in [2.45, 2.75) is 13.3 Å². The largest absolute Gasteiger partial charge is 0.468 e. The van der Waals surface area contributed by atoms with Gasteiger partial charge in [-0.15, -0.1) is 0 Å². The van der Waals surface area contributed by atoms with Crippen molar-refractivity contribution in [2.75, 3.05) is 19.4 Å². The van der Waals surface area contributed by atoms with E-state index in [1.807, 2.05) is 6.92 Å². The van der Waals surface area contributed by atoms with Crippen LogP contribution in [-0.4, -0.2) is 35.7 Å². The average molecular weight is 226 g/mol. The Morgan fingerprint density at radius 1 is 1.56 bits per heavy atom. The number of esters is 1. The molecule has 88 valence electrons. The SMILES string of the molecule is CCc1[nH]nc(C(=O)NCC(=O)OC)c1N. The molecule has 1 aromatic heterocycles. The first-order chi connectivity index (χ1) is 7.60. The van der Waals surface area contributed by atoms with E-state index in [0.717, 1.165) is 0 Å². The average Bonchev–Trinajstić information content (AvgIpc) is 2.66. The lowest BCUT2D eigenvalue weighted by molar-refractivity contribution is -0.139. The van der Waals surface area contributed by atoms with Crippen molar-refractivity contribution in [1.29, 1.82) is 0 Å². The van der Waals surface area contributed by atoms with E-state index in [-0.39, 0.29) is 12.2 Å². The van der Waals surface area contributed by atoms with Crippen LogP contribution >= 0.6 is 0 Å². The Hall–Kier alpha value is -2.05. The predicted molar refractivity (Wildman–Crippen MR) is 56.7 cm³/mol. The molecule has 0 aliphatic carbocycles. The number of nitrogen functional groups attached to an aromatic ring is 1. The van der Waals surface area contributed by atoms with Crippen LogP contribution in [0.1, 0.15) is 23.1 Å². The van der Waals surface area contributed by atoms with Gasteiger partial charge in [0.05, 0.1) is 18.5 Å². The molecule has 0 unspecified atom stereocenters. The number of hydrogen-bond acceptors (Lipinski definition) is 5. The quantitative estimate of drug-likeness (QED) is 0.597. The number of amides is 1. The van der Waals surface area contributed by atoms with Crippen LogP contribution in [0, 0.1) is 0 Å². The molecule has 0 radical (unpaired) electrons. The zero-order valence-electron chi connectivity index (χ0n) is 9.16. The molecule has 7 heteroatoms. The molecule has 16 heavy (non-hydrogen) atoms. The zero-order valence-corrected chi connectivity index (χ0v) is 9.16. The van der Waals surface area contributed by atoms with Crippen LogP contribution in [-0.2, 0) is 16.0 Å². The first kappa shape index (κ1) is 12.0. The van der Waals surface area contributed by atoms with E-state index >= 15 is 0 Å². The van der Waals surface area contributed by atoms with Crippen molar-refractivity contribution in [2.24, 2.45) is 0 Å². The Morgan fingerprint density at radius 2 is 2.25 bits per heavy atom. The number of nitrogens with zero attached hydrogens (tertiary/aromatic N) is 1. The van der Waals surface area contributed by atoms with Crippen LogP contribution in [0.25, 0.3) is 0 Å². The van der Waals surface area contributed by atoms with Gasteiger partial charge in [0.15, 0.2) is 5.69 Å². The highest BCUT2D eigenvalue weighted by Crippen LogP contribution is 2.13. The van der Waals surface area contributed by atoms with Crippen molar-refractivity contribution in [1.82, 2.24) is 15.5 Å². The highest BCUT2D eigenvalue weighted by molar-refractivity contribution is 5.98. The summed E-state index contributed by atoms with van der Waals surface area (Å²) in [6.07, 6.45) is 0.656. The maximum atomic E-state index is 11.5. The molecule has 0 aliphatic heterocycles. The van der Waals surface area contributed by atoms with E-state index in [4.69, 9.17) is 5.73 Å². The number of ether oxygens (including phenoxy) is 1. The van der Waals surface area contributed by atoms with Crippen LogP contribution < -0.4 is 11.1 Å². The van der Waals surface area contributed by atoms with Crippen molar-refractivity contribution in [3.8, 4) is 0 Å². The minimum atomic E-state index is -0.529. The fourth-order valence-electron chi connectivity index (χ4n) is 1.14. The number of H-pyrrole nitrogens is 1. The van der Waals surface area contributed by atoms with Gasteiger partial charge >= 0.3 is 5.97 Å². The molecule has 0 aliphatic rings. The summed E-state index contributed by atoms with van der Waals surface area (Å²) in [6.45, 7) is 1.68. The number of aryl methyl sites for hydroxylation is 1. The molecule has 0 aromatic carbocycles. The minimum Gasteiger partial charge on any atom is -0.468 e. The number of carbonyl (C=O) groups excluding carboxylic acids is 2. The number of methoxy groups -OCH3 is 1. The van der Waals surface area contributed by atoms with Gasteiger partial charge in [0.1, 0.15) is 6.54 Å². The van der Waals surface area contributed by atoms with Crippen molar-refractivity contribution >= 4 is 17.6 Å². The topological polar surface area (TPSA) is 110 Å². The Labute approximate surface area is 92.3 Å². The maximum Gasteiger partial charge on any atom is 0.325 e. The summed E-state index contributed by atoms with van der Waals surface area (Å²) >= 11 is 0. The summed E-state index contributed by atoms with van der Waals surface area (Å²) in [6, 6.07) is 0. The summed E-state index contributed by atoms with van der Waals surface area (Å²) in [4.78, 5) is 22.3. The van der Waals surface area contributed by atoms with Crippen LogP contribution in [0.5, 0.6) is 0 Å². The maximum absolute atomic E-state index is 11.5. The number of rotatable bonds is 4. The summed E-state index contributed by atoms with van der Waals surface area (Å²) < 4.78 is 4.38. The van der Waals surface area contributed by atoms with Gasteiger partial charge in [0, 0.05) is 0 Å². The van der Waals surface area contributed by atoms with Crippen LogP contribution in [0.3, 0.4) is 0 Å². The second-order valence-corrected chi connectivity index (χ2v) is 3.08. The van der Waals surface area contributed by atoms with E-state index in [0.29, 0.717) is 17.8 Å². The van der Waals surface area contributed by atoms with Gasteiger partial charge in [0.2, 0.25) is 0 Å². The lowest BCUT2D eigenvalue weighted by Gasteiger charge is -2.01. The molecular formula is C9H14N4O3. The number of anilines is 1. The molecule has 0 spiro atoms. The normalized spacial score (nSPS) is 9.88. The fourth-order valence-corrected chi connectivity index (χ4v) is 1.14. The standard InChI is InChI=1S/C9H14N4O3/c1-3-5-7(10)8(13-12-5)9(15)11-4-6(14)16-2/h3-4,10H2,1-2H3,(H,11,15)(H,12,13). The van der Waals surface area contributed by atoms with Crippen molar-refractivity contribution in [3.63, 3.8) is 0 Å². The van der Waals surface area contributed by atoms with Crippen LogP contribution in [0.15, 0.2) is 0 Å². The van der Waals surface area contributed by atoms with Gasteiger partial charge in [-0.2, -0.15) is 5.10 Å². The highest BCUT2D eigenvalue weighted by atomic mass is 16.5. The number of aromatic nitrogens is 2. The molecule has 0 fully saturated rings. The Balaban J connectivity index is 2.66. The molecule has 1 amide bonds. The molecule has 1 rings (SSSR count). The van der Waals surface area contributed by atoms with Gasteiger partial charge < -0.3 is 15.8 Å². The summed E-state index contributed by atoms with van der Waals surface area (Å²) in [5.41, 5.74) is 6.79. The monoisotopic (exact) mass is 226 g/mol. The highest BCUT2D eigenvalue weighted by Gasteiger charge is 2.16. The Bertz CT molecular complexity index is 399. The van der Waals surface area contributed by atoms with Gasteiger partial charge in [-0.1, -0.05) is 6.92 Å². The predicted octanol–water partition coefficient (Wildman–Crippen LogP) is -0.543. The number of hydrogen-bond donors (Lipinski definition) is 3. The smallest absolute Gasteiger partial charge is 0.325 e. The van der Waals surface area contributed by atoms with Crippen LogP contribution in [0.4, 0.5) is 5.69 Å². The van der Waals surface area contributed by atoms with Crippen LogP contribution in [0.2, 0.25) is 0 Å². The third kappa shape index (κ3) is 2.50. The van der Waals surface area contributed by atoms with Gasteiger partial charge in [-0.05, 0) is 6.42 Å². The second-order valence-electron chi connectivity index (χ2n) is 3.08. The number of aromatic amines is 1. The van der Waals surface area contributed by atoms with Crippen molar-refractivity contribution < 1.29 is 14.3 Å². The third-order valence-corrected chi connectivity index (χ3v) is 2.07. The molecule has 0 atom stereocenters. The number of nitrogens with two attached hydrogens (primary N) is 1. The van der Waals surface area contributed by atoms with E-state index in [1.54, 1.807) is 0 Å². The minimum absolute atomic E-state index is 0.0979. The molecule has 1 heterocycles. The molecule has 1 aromatic rings. The van der Waals surface area contributed by atoms with Gasteiger partial charge in [0.25, 0.3) is 5.91 Å². The molecule has 7 nitrogen and oxygen atoms in total. The molecular weight excluding hydrogens is 212 g/mol. The first-order valence-corrected chi connectivity index (χ1v) is 4.77. The van der Waals surface area contributed by atoms with E-state index < -0.39 is 11.9 Å². The second kappa shape index (κ2) is 5.15. The Morgan fingerprint density at radius 3 is 2.75 bits per heavy atom. The molecule has 0 saturated carbocycles. The lowest BCUT2D eigenvalue weighted by atomic mass is 10.2. The number of nitrogens with one attached hydrogen (secondary N) is 2. The molecule has 0 bridgehead atoms. The van der Waals surface area contributed by atoms with E-state index in [2.05, 4.69) is 20.3 Å². The molecule has 0 saturated heterocycles. The molecule has 4 N–H and O–H groups in total. The fraction of sp³-hybridized carbons (Fsp3) is 0.444.